The third-order valence-corrected chi connectivity index (χ3v) is 4.50. The van der Waals surface area contributed by atoms with E-state index in [4.69, 9.17) is 11.6 Å². The summed E-state index contributed by atoms with van der Waals surface area (Å²) in [6.07, 6.45) is 1.90. The lowest BCUT2D eigenvalue weighted by Crippen LogP contribution is -2.41. The van der Waals surface area contributed by atoms with Crippen LogP contribution >= 0.6 is 27.5 Å². The second kappa shape index (κ2) is 7.91. The summed E-state index contributed by atoms with van der Waals surface area (Å²) in [6, 6.07) is 5.99. The Morgan fingerprint density at radius 1 is 1.37 bits per heavy atom. The smallest absolute Gasteiger partial charge is 0.254 e. The maximum absolute atomic E-state index is 12.7. The first-order chi connectivity index (χ1) is 9.06. The van der Waals surface area contributed by atoms with Crippen LogP contribution in [0.25, 0.3) is 0 Å². The summed E-state index contributed by atoms with van der Waals surface area (Å²) in [5.74, 6) is 0.545. The molecule has 0 heterocycles. The first-order valence-corrected chi connectivity index (χ1v) is 8.01. The Kier molecular flexibility index (Phi) is 6.87. The molecular weight excluding hydrogens is 326 g/mol. The molecule has 1 amide bonds. The lowest BCUT2D eigenvalue weighted by molar-refractivity contribution is 0.0681. The summed E-state index contributed by atoms with van der Waals surface area (Å²) < 4.78 is 0.966. The van der Waals surface area contributed by atoms with E-state index in [9.17, 15) is 4.79 Å². The van der Waals surface area contributed by atoms with Crippen molar-refractivity contribution in [3.63, 3.8) is 0 Å². The molecule has 0 saturated heterocycles. The maximum atomic E-state index is 12.7. The van der Waals surface area contributed by atoms with E-state index < -0.39 is 0 Å². The maximum Gasteiger partial charge on any atom is 0.254 e. The predicted molar refractivity (Wildman–Crippen MR) is 85.0 cm³/mol. The zero-order chi connectivity index (χ0) is 14.4. The minimum absolute atomic E-state index is 0.0770. The van der Waals surface area contributed by atoms with E-state index in [1.807, 2.05) is 30.0 Å². The van der Waals surface area contributed by atoms with Crippen LogP contribution in [0.1, 0.15) is 42.6 Å². The van der Waals surface area contributed by atoms with Crippen molar-refractivity contribution in [1.29, 1.82) is 0 Å². The fraction of sp³-hybridized carbons (Fsp3) is 0.533. The van der Waals surface area contributed by atoms with Crippen LogP contribution in [-0.4, -0.2) is 29.3 Å². The summed E-state index contributed by atoms with van der Waals surface area (Å²) >= 11 is 9.33. The Morgan fingerprint density at radius 3 is 2.53 bits per heavy atom. The van der Waals surface area contributed by atoms with E-state index in [0.29, 0.717) is 12.4 Å². The third-order valence-electron chi connectivity index (χ3n) is 3.47. The fourth-order valence-electron chi connectivity index (χ4n) is 2.26. The topological polar surface area (TPSA) is 20.3 Å². The van der Waals surface area contributed by atoms with Gasteiger partial charge in [-0.3, -0.25) is 4.79 Å². The minimum Gasteiger partial charge on any atom is -0.334 e. The molecule has 0 aromatic heterocycles. The van der Waals surface area contributed by atoms with Gasteiger partial charge in [-0.25, -0.2) is 0 Å². The number of benzene rings is 1. The second-order valence-corrected chi connectivity index (χ2v) is 5.80. The molecule has 1 aromatic carbocycles. The van der Waals surface area contributed by atoms with Crippen molar-refractivity contribution in [2.75, 3.05) is 12.4 Å². The number of alkyl halides is 1. The van der Waals surface area contributed by atoms with Crippen molar-refractivity contribution in [1.82, 2.24) is 4.90 Å². The highest BCUT2D eigenvalue weighted by Crippen LogP contribution is 2.22. The summed E-state index contributed by atoms with van der Waals surface area (Å²) in [4.78, 5) is 14.6. The lowest BCUT2D eigenvalue weighted by Gasteiger charge is -2.30. The van der Waals surface area contributed by atoms with Gasteiger partial charge < -0.3 is 4.90 Å². The molecule has 19 heavy (non-hydrogen) atoms. The van der Waals surface area contributed by atoms with Gasteiger partial charge in [-0.05, 0) is 37.5 Å². The third kappa shape index (κ3) is 3.96. The normalized spacial score (nSPS) is 10.8. The van der Waals surface area contributed by atoms with Crippen LogP contribution in [0.3, 0.4) is 0 Å². The first kappa shape index (κ1) is 16.5. The standard InChI is InChI=1S/C15H21BrClNO/c1-4-12(5-2)18(10-9-17)15(19)13-7-6-8-14(16)11(13)3/h6-8,12H,4-5,9-10H2,1-3H3. The Balaban J connectivity index is 3.08. The Morgan fingerprint density at radius 2 is 2.00 bits per heavy atom. The van der Waals surface area contributed by atoms with Gasteiger partial charge in [0.1, 0.15) is 0 Å². The van der Waals surface area contributed by atoms with Crippen molar-refractivity contribution in [2.24, 2.45) is 0 Å². The molecule has 0 spiro atoms. The molecule has 1 aromatic rings. The molecule has 0 bridgehead atoms. The SMILES string of the molecule is CCC(CC)N(CCCl)C(=O)c1cccc(Br)c1C. The van der Waals surface area contributed by atoms with Gasteiger partial charge in [0.15, 0.2) is 0 Å². The highest BCUT2D eigenvalue weighted by Gasteiger charge is 2.23. The summed E-state index contributed by atoms with van der Waals surface area (Å²) in [5, 5.41) is 0. The Hall–Kier alpha value is -0.540. The quantitative estimate of drug-likeness (QED) is 0.688. The number of carbonyl (C=O) groups is 1. The van der Waals surface area contributed by atoms with Crippen LogP contribution in [0.5, 0.6) is 0 Å². The van der Waals surface area contributed by atoms with E-state index in [0.717, 1.165) is 28.4 Å². The van der Waals surface area contributed by atoms with Crippen molar-refractivity contribution in [3.8, 4) is 0 Å². The molecule has 0 aliphatic heterocycles. The van der Waals surface area contributed by atoms with Crippen LogP contribution in [0.4, 0.5) is 0 Å². The van der Waals surface area contributed by atoms with E-state index in [2.05, 4.69) is 29.8 Å². The zero-order valence-corrected chi connectivity index (χ0v) is 14.1. The van der Waals surface area contributed by atoms with Crippen LogP contribution in [0, 0.1) is 6.92 Å². The van der Waals surface area contributed by atoms with Gasteiger partial charge in [0.2, 0.25) is 0 Å². The number of hydrogen-bond acceptors (Lipinski definition) is 1. The van der Waals surface area contributed by atoms with Gasteiger partial charge in [0, 0.05) is 28.5 Å². The molecule has 0 radical (unpaired) electrons. The number of rotatable bonds is 6. The average molecular weight is 347 g/mol. The molecule has 0 atom stereocenters. The van der Waals surface area contributed by atoms with Crippen LogP contribution in [-0.2, 0) is 0 Å². The molecular formula is C15H21BrClNO. The molecule has 0 unspecified atom stereocenters. The summed E-state index contributed by atoms with van der Waals surface area (Å²) in [6.45, 7) is 6.77. The van der Waals surface area contributed by atoms with Crippen molar-refractivity contribution < 1.29 is 4.79 Å². The number of halogens is 2. The molecule has 2 nitrogen and oxygen atoms in total. The first-order valence-electron chi connectivity index (χ1n) is 6.68. The number of amides is 1. The molecule has 4 heteroatoms. The van der Waals surface area contributed by atoms with Gasteiger partial charge in [0.05, 0.1) is 0 Å². The van der Waals surface area contributed by atoms with Crippen LogP contribution in [0.2, 0.25) is 0 Å². The summed E-state index contributed by atoms with van der Waals surface area (Å²) in [7, 11) is 0. The van der Waals surface area contributed by atoms with Crippen molar-refractivity contribution in [2.45, 2.75) is 39.7 Å². The number of hydrogen-bond donors (Lipinski definition) is 0. The highest BCUT2D eigenvalue weighted by molar-refractivity contribution is 9.10. The van der Waals surface area contributed by atoms with E-state index in [-0.39, 0.29) is 11.9 Å². The molecule has 1 rings (SSSR count). The number of carbonyl (C=O) groups excluding carboxylic acids is 1. The fourth-order valence-corrected chi connectivity index (χ4v) is 2.81. The Bertz CT molecular complexity index is 432. The van der Waals surface area contributed by atoms with Gasteiger partial charge in [-0.2, -0.15) is 0 Å². The van der Waals surface area contributed by atoms with Gasteiger partial charge in [0.25, 0.3) is 5.91 Å². The lowest BCUT2D eigenvalue weighted by atomic mass is 10.0. The summed E-state index contributed by atoms with van der Waals surface area (Å²) in [5.41, 5.74) is 1.74. The monoisotopic (exact) mass is 345 g/mol. The van der Waals surface area contributed by atoms with Crippen LogP contribution < -0.4 is 0 Å². The van der Waals surface area contributed by atoms with Crippen molar-refractivity contribution in [3.05, 3.63) is 33.8 Å². The number of nitrogens with zero attached hydrogens (tertiary/aromatic N) is 1. The molecule has 0 N–H and O–H groups in total. The second-order valence-electron chi connectivity index (χ2n) is 4.57. The highest BCUT2D eigenvalue weighted by atomic mass is 79.9. The van der Waals surface area contributed by atoms with E-state index in [1.165, 1.54) is 0 Å². The largest absolute Gasteiger partial charge is 0.334 e. The van der Waals surface area contributed by atoms with Crippen molar-refractivity contribution >= 4 is 33.4 Å². The average Bonchev–Trinajstić information content (AvgIpc) is 2.41. The molecule has 0 aliphatic rings. The van der Waals surface area contributed by atoms with E-state index in [1.54, 1.807) is 0 Å². The molecule has 0 fully saturated rings. The molecule has 0 saturated carbocycles. The van der Waals surface area contributed by atoms with Gasteiger partial charge in [-0.15, -0.1) is 11.6 Å². The molecule has 106 valence electrons. The predicted octanol–water partition coefficient (Wildman–Crippen LogP) is 4.63. The minimum atomic E-state index is 0.0770. The van der Waals surface area contributed by atoms with Gasteiger partial charge in [-0.1, -0.05) is 35.8 Å². The van der Waals surface area contributed by atoms with Gasteiger partial charge >= 0.3 is 0 Å². The molecule has 0 aliphatic carbocycles. The Labute approximate surface area is 129 Å². The van der Waals surface area contributed by atoms with E-state index >= 15 is 0 Å². The van der Waals surface area contributed by atoms with Crippen LogP contribution in [0.15, 0.2) is 22.7 Å². The zero-order valence-electron chi connectivity index (χ0n) is 11.7.